The van der Waals surface area contributed by atoms with Crippen LogP contribution in [0.1, 0.15) is 37.5 Å². The van der Waals surface area contributed by atoms with Crippen LogP contribution in [0, 0.1) is 6.92 Å². The Balaban J connectivity index is 2.19. The van der Waals surface area contributed by atoms with E-state index >= 15 is 0 Å². The van der Waals surface area contributed by atoms with E-state index in [1.54, 1.807) is 42.5 Å². The molecule has 0 aromatic heterocycles. The summed E-state index contributed by atoms with van der Waals surface area (Å²) in [6.45, 7) is 7.94. The fourth-order valence-corrected chi connectivity index (χ4v) is 5.77. The second kappa shape index (κ2) is 9.26. The lowest BCUT2D eigenvalue weighted by Crippen LogP contribution is -2.41. The van der Waals surface area contributed by atoms with Crippen molar-refractivity contribution in [2.75, 3.05) is 0 Å². The van der Waals surface area contributed by atoms with Crippen LogP contribution < -0.4 is 0 Å². The summed E-state index contributed by atoms with van der Waals surface area (Å²) < 4.78 is 44.7. The summed E-state index contributed by atoms with van der Waals surface area (Å²) >= 11 is 0. The van der Waals surface area contributed by atoms with Crippen LogP contribution in [-0.2, 0) is 33.6 Å². The van der Waals surface area contributed by atoms with Gasteiger partial charge >= 0.3 is 11.9 Å². The Morgan fingerprint density at radius 2 is 1.66 bits per heavy atom. The monoisotopic (exact) mass is 458 g/mol. The van der Waals surface area contributed by atoms with Gasteiger partial charge in [0.15, 0.2) is 6.10 Å². The van der Waals surface area contributed by atoms with Crippen LogP contribution in [0.5, 0.6) is 0 Å². The van der Waals surface area contributed by atoms with Gasteiger partial charge in [-0.3, -0.25) is 9.59 Å². The third-order valence-electron chi connectivity index (χ3n) is 5.21. The molecule has 7 nitrogen and oxygen atoms in total. The summed E-state index contributed by atoms with van der Waals surface area (Å²) in [4.78, 5) is 21.8. The second-order valence-corrected chi connectivity index (χ2v) is 9.77. The largest absolute Gasteiger partial charge is 0.459 e. The SMILES string of the molecule is C=CC[C@H](OC(C)=O)[C@H]1O[C@@]1([C@H](OC(C)=O)c1ccccc1)S(=O)(=O)c1ccc(C)cc1. The second-order valence-electron chi connectivity index (χ2n) is 7.65. The van der Waals surface area contributed by atoms with Gasteiger partial charge in [-0.2, -0.15) is 0 Å². The average Bonchev–Trinajstić information content (AvgIpc) is 3.50. The molecule has 1 aliphatic rings. The molecule has 8 heteroatoms. The summed E-state index contributed by atoms with van der Waals surface area (Å²) in [6.07, 6.45) is -1.59. The molecule has 1 saturated heterocycles. The van der Waals surface area contributed by atoms with Crippen molar-refractivity contribution in [3.63, 3.8) is 0 Å². The number of epoxide rings is 1. The number of rotatable bonds is 9. The maximum Gasteiger partial charge on any atom is 0.303 e. The topological polar surface area (TPSA) is 99.3 Å². The molecule has 4 atom stereocenters. The van der Waals surface area contributed by atoms with Crippen LogP contribution in [0.4, 0.5) is 0 Å². The van der Waals surface area contributed by atoms with E-state index in [2.05, 4.69) is 6.58 Å². The van der Waals surface area contributed by atoms with E-state index in [1.807, 2.05) is 6.92 Å². The van der Waals surface area contributed by atoms with E-state index in [4.69, 9.17) is 14.2 Å². The standard InChI is InChI=1S/C24H26O7S/c1-5-9-21(29-17(3)25)23-24(31-23,32(27,28)20-14-12-16(2)13-15-20)22(30-18(4)26)19-10-7-6-8-11-19/h5-8,10-15,21-23H,1,9H2,2-4H3/t21-,22+,23+,24-/m0/s1. The molecule has 0 radical (unpaired) electrons. The molecule has 0 unspecified atom stereocenters. The van der Waals surface area contributed by atoms with Crippen molar-refractivity contribution >= 4 is 21.8 Å². The number of hydrogen-bond acceptors (Lipinski definition) is 7. The molecular weight excluding hydrogens is 432 g/mol. The third-order valence-corrected chi connectivity index (χ3v) is 7.48. The molecular formula is C24H26O7S. The third kappa shape index (κ3) is 4.47. The zero-order chi connectivity index (χ0) is 23.5. The number of ether oxygens (including phenoxy) is 3. The van der Waals surface area contributed by atoms with Crippen LogP contribution in [0.2, 0.25) is 0 Å². The minimum absolute atomic E-state index is 0.0128. The molecule has 0 saturated carbocycles. The van der Waals surface area contributed by atoms with Crippen molar-refractivity contribution in [2.45, 2.75) is 55.3 Å². The summed E-state index contributed by atoms with van der Waals surface area (Å²) in [5, 5.41) is 0. The molecule has 32 heavy (non-hydrogen) atoms. The lowest BCUT2D eigenvalue weighted by molar-refractivity contribution is -0.150. The molecule has 0 bridgehead atoms. The molecule has 1 heterocycles. The highest BCUT2D eigenvalue weighted by Crippen LogP contribution is 2.57. The Bertz CT molecular complexity index is 1090. The van der Waals surface area contributed by atoms with Crippen molar-refractivity contribution in [1.82, 2.24) is 0 Å². The number of carbonyl (C=O) groups excluding carboxylic acids is 2. The van der Waals surface area contributed by atoms with Crippen molar-refractivity contribution in [3.8, 4) is 0 Å². The van der Waals surface area contributed by atoms with Gasteiger partial charge in [-0.1, -0.05) is 54.1 Å². The Morgan fingerprint density at radius 1 is 1.06 bits per heavy atom. The fourth-order valence-electron chi connectivity index (χ4n) is 3.76. The quantitative estimate of drug-likeness (QED) is 0.321. The van der Waals surface area contributed by atoms with Crippen LogP contribution >= 0.6 is 0 Å². The predicted octanol–water partition coefficient (Wildman–Crippen LogP) is 3.68. The van der Waals surface area contributed by atoms with Crippen molar-refractivity contribution < 1.29 is 32.2 Å². The molecule has 2 aromatic carbocycles. The molecule has 0 spiro atoms. The van der Waals surface area contributed by atoms with Gasteiger partial charge in [-0.25, -0.2) is 8.42 Å². The van der Waals surface area contributed by atoms with Gasteiger partial charge < -0.3 is 14.2 Å². The van der Waals surface area contributed by atoms with E-state index in [-0.39, 0.29) is 11.3 Å². The van der Waals surface area contributed by atoms with Crippen LogP contribution in [0.3, 0.4) is 0 Å². The maximum absolute atomic E-state index is 13.9. The van der Waals surface area contributed by atoms with E-state index < -0.39 is 45.0 Å². The van der Waals surface area contributed by atoms with E-state index in [0.29, 0.717) is 5.56 Å². The van der Waals surface area contributed by atoms with Gasteiger partial charge in [-0.15, -0.1) is 6.58 Å². The number of sulfone groups is 1. The lowest BCUT2D eigenvalue weighted by Gasteiger charge is -2.26. The highest BCUT2D eigenvalue weighted by molar-refractivity contribution is 7.93. The van der Waals surface area contributed by atoms with Gasteiger partial charge in [0.2, 0.25) is 14.8 Å². The first-order chi connectivity index (χ1) is 15.1. The molecule has 1 aliphatic heterocycles. The van der Waals surface area contributed by atoms with Crippen molar-refractivity contribution in [1.29, 1.82) is 0 Å². The Morgan fingerprint density at radius 3 is 2.19 bits per heavy atom. The summed E-state index contributed by atoms with van der Waals surface area (Å²) in [7, 11) is -4.21. The Hall–Kier alpha value is -2.97. The van der Waals surface area contributed by atoms with Crippen molar-refractivity contribution in [2.24, 2.45) is 0 Å². The van der Waals surface area contributed by atoms with Crippen LogP contribution in [0.15, 0.2) is 72.1 Å². The zero-order valence-corrected chi connectivity index (χ0v) is 19.0. The molecule has 0 N–H and O–H groups in total. The highest BCUT2D eigenvalue weighted by atomic mass is 32.2. The number of carbonyl (C=O) groups is 2. The molecule has 0 amide bonds. The molecule has 0 aliphatic carbocycles. The first-order valence-corrected chi connectivity index (χ1v) is 11.6. The molecule has 1 fully saturated rings. The fraction of sp³-hybridized carbons (Fsp3) is 0.333. The number of hydrogen-bond donors (Lipinski definition) is 0. The Kier molecular flexibility index (Phi) is 6.85. The lowest BCUT2D eigenvalue weighted by atomic mass is 10.0. The first kappa shape index (κ1) is 23.7. The van der Waals surface area contributed by atoms with Crippen molar-refractivity contribution in [3.05, 3.63) is 78.4 Å². The van der Waals surface area contributed by atoms with Crippen LogP contribution in [-0.4, -0.2) is 37.5 Å². The minimum Gasteiger partial charge on any atom is -0.459 e. The van der Waals surface area contributed by atoms with Gasteiger partial charge in [0.25, 0.3) is 0 Å². The predicted molar refractivity (Wildman–Crippen MR) is 117 cm³/mol. The highest BCUT2D eigenvalue weighted by Gasteiger charge is 2.75. The first-order valence-electron chi connectivity index (χ1n) is 10.1. The minimum atomic E-state index is -4.21. The number of benzene rings is 2. The van der Waals surface area contributed by atoms with E-state index in [0.717, 1.165) is 5.56 Å². The average molecular weight is 459 g/mol. The van der Waals surface area contributed by atoms with E-state index in [9.17, 15) is 18.0 Å². The normalized spacial score (nSPS) is 21.8. The molecule has 170 valence electrons. The van der Waals surface area contributed by atoms with Crippen LogP contribution in [0.25, 0.3) is 0 Å². The molecule has 3 rings (SSSR count). The zero-order valence-electron chi connectivity index (χ0n) is 18.2. The summed E-state index contributed by atoms with van der Waals surface area (Å²) in [6, 6.07) is 14.8. The van der Waals surface area contributed by atoms with Gasteiger partial charge in [0.05, 0.1) is 4.90 Å². The maximum atomic E-state index is 13.9. The molecule has 2 aromatic rings. The van der Waals surface area contributed by atoms with E-state index in [1.165, 1.54) is 32.1 Å². The van der Waals surface area contributed by atoms with Gasteiger partial charge in [-0.05, 0) is 24.6 Å². The summed E-state index contributed by atoms with van der Waals surface area (Å²) in [5.74, 6) is -1.25. The smallest absolute Gasteiger partial charge is 0.303 e. The Labute approximate surface area is 187 Å². The number of aryl methyl sites for hydroxylation is 1. The summed E-state index contributed by atoms with van der Waals surface area (Å²) in [5.41, 5.74) is 1.33. The van der Waals surface area contributed by atoms with Gasteiger partial charge in [0, 0.05) is 20.3 Å². The number of esters is 2. The van der Waals surface area contributed by atoms with Gasteiger partial charge in [0.1, 0.15) is 12.2 Å².